The molecule has 0 fully saturated rings. The van der Waals surface area contributed by atoms with Crippen LogP contribution in [0.4, 0.5) is 21.7 Å². The average molecular weight is 494 g/mol. The van der Waals surface area contributed by atoms with Gasteiger partial charge in [-0.3, -0.25) is 14.0 Å². The van der Waals surface area contributed by atoms with E-state index in [1.54, 1.807) is 46.9 Å². The number of nitrogens with zero attached hydrogens (tertiary/aromatic N) is 7. The van der Waals surface area contributed by atoms with Crippen molar-refractivity contribution in [3.8, 4) is 5.82 Å². The third kappa shape index (κ3) is 5.90. The Hall–Kier alpha value is -4.16. The summed E-state index contributed by atoms with van der Waals surface area (Å²) in [6.45, 7) is 4.53. The number of aliphatic hydroxyl groups excluding tert-OH is 1. The third-order valence-corrected chi connectivity index (χ3v) is 5.14. The number of rotatable bonds is 9. The molecule has 3 N–H and O–H groups in total. The van der Waals surface area contributed by atoms with E-state index in [0.717, 1.165) is 17.1 Å². The van der Waals surface area contributed by atoms with Crippen LogP contribution in [0.1, 0.15) is 12.5 Å². The van der Waals surface area contributed by atoms with Crippen LogP contribution >= 0.6 is 0 Å². The zero-order valence-corrected chi connectivity index (χ0v) is 20.5. The summed E-state index contributed by atoms with van der Waals surface area (Å²) < 4.78 is 17.9. The number of hydrogen-bond donors (Lipinski definition) is 3. The molecular weight excluding hydrogens is 465 g/mol. The number of hydrogen-bond acceptors (Lipinski definition) is 8. The summed E-state index contributed by atoms with van der Waals surface area (Å²) in [4.78, 5) is 27.0. The highest BCUT2D eigenvalue weighted by Crippen LogP contribution is 2.26. The SMILES string of the molecule is Cc1cn(-c2nc(Nc3cnn(CC(C)O)c3)ncc2F)c2ncc(NC(=O)/C=C/CN(C)C)cc12. The first-order chi connectivity index (χ1) is 17.2. The van der Waals surface area contributed by atoms with Gasteiger partial charge in [0, 0.05) is 30.4 Å². The smallest absolute Gasteiger partial charge is 0.248 e. The molecule has 0 saturated heterocycles. The van der Waals surface area contributed by atoms with E-state index in [9.17, 15) is 14.3 Å². The molecular formula is C24H28FN9O2. The molecule has 188 valence electrons. The molecule has 0 aliphatic carbocycles. The van der Waals surface area contributed by atoms with Crippen LogP contribution < -0.4 is 10.6 Å². The Morgan fingerprint density at radius 1 is 1.22 bits per heavy atom. The Kier molecular flexibility index (Phi) is 7.36. The molecule has 4 aromatic rings. The number of aliphatic hydroxyl groups is 1. The van der Waals surface area contributed by atoms with Crippen LogP contribution in [-0.2, 0) is 11.3 Å². The highest BCUT2D eigenvalue weighted by Gasteiger charge is 2.16. The van der Waals surface area contributed by atoms with Gasteiger partial charge in [-0.15, -0.1) is 0 Å². The lowest BCUT2D eigenvalue weighted by molar-refractivity contribution is -0.111. The van der Waals surface area contributed by atoms with E-state index in [1.807, 2.05) is 25.9 Å². The van der Waals surface area contributed by atoms with Crippen molar-refractivity contribution in [2.24, 2.45) is 0 Å². The number of aryl methyl sites for hydroxylation is 1. The molecule has 0 bridgehead atoms. The van der Waals surface area contributed by atoms with E-state index in [2.05, 4.69) is 30.7 Å². The number of likely N-dealkylation sites (N-methyl/N-ethyl adjacent to an activating group) is 1. The lowest BCUT2D eigenvalue weighted by Crippen LogP contribution is -2.13. The van der Waals surface area contributed by atoms with Gasteiger partial charge < -0.3 is 20.6 Å². The summed E-state index contributed by atoms with van der Waals surface area (Å²) in [5.41, 5.74) is 2.45. The standard InChI is InChI=1S/C24H28FN9O2/c1-15-12-34(22-19(15)8-17(9-26-22)29-21(36)6-5-7-32(3)4)23-20(25)11-27-24(31-23)30-18-10-28-33(14-18)13-16(2)35/h5-6,8-12,14,16,35H,7,13H2,1-4H3,(H,29,36)(H,27,30,31)/b6-5+. The normalized spacial score (nSPS) is 12.5. The first-order valence-corrected chi connectivity index (χ1v) is 11.3. The molecule has 0 radical (unpaired) electrons. The molecule has 1 amide bonds. The third-order valence-electron chi connectivity index (χ3n) is 5.14. The van der Waals surface area contributed by atoms with Crippen molar-refractivity contribution in [2.75, 3.05) is 31.3 Å². The minimum atomic E-state index is -0.618. The van der Waals surface area contributed by atoms with Crippen LogP contribution in [0, 0.1) is 12.7 Å². The number of fused-ring (bicyclic) bond motifs is 1. The lowest BCUT2D eigenvalue weighted by Gasteiger charge is -2.09. The molecule has 0 saturated carbocycles. The fourth-order valence-electron chi connectivity index (χ4n) is 3.56. The number of anilines is 3. The van der Waals surface area contributed by atoms with Crippen LogP contribution in [0.3, 0.4) is 0 Å². The number of carbonyl (C=O) groups excluding carboxylic acids is 1. The summed E-state index contributed by atoms with van der Waals surface area (Å²) in [5.74, 6) is -0.675. The molecule has 36 heavy (non-hydrogen) atoms. The van der Waals surface area contributed by atoms with E-state index in [4.69, 9.17) is 0 Å². The van der Waals surface area contributed by atoms with E-state index in [1.165, 1.54) is 12.3 Å². The van der Waals surface area contributed by atoms with Crippen molar-refractivity contribution >= 4 is 34.3 Å². The van der Waals surface area contributed by atoms with E-state index in [0.29, 0.717) is 30.1 Å². The molecule has 4 aromatic heterocycles. The van der Waals surface area contributed by atoms with Gasteiger partial charge in [-0.2, -0.15) is 10.1 Å². The van der Waals surface area contributed by atoms with Crippen molar-refractivity contribution in [1.29, 1.82) is 0 Å². The van der Waals surface area contributed by atoms with Gasteiger partial charge in [-0.05, 0) is 39.6 Å². The molecule has 4 heterocycles. The number of halogens is 1. The van der Waals surface area contributed by atoms with Crippen LogP contribution in [0.15, 0.2) is 49.2 Å². The van der Waals surface area contributed by atoms with Crippen LogP contribution in [-0.4, -0.2) is 72.0 Å². The molecule has 12 heteroatoms. The predicted molar refractivity (Wildman–Crippen MR) is 135 cm³/mol. The van der Waals surface area contributed by atoms with Crippen molar-refractivity contribution in [1.82, 2.24) is 34.2 Å². The molecule has 4 rings (SSSR count). The van der Waals surface area contributed by atoms with E-state index >= 15 is 0 Å². The molecule has 0 aromatic carbocycles. The van der Waals surface area contributed by atoms with Crippen LogP contribution in [0.25, 0.3) is 16.9 Å². The average Bonchev–Trinajstić information content (AvgIpc) is 3.38. The van der Waals surface area contributed by atoms with Gasteiger partial charge in [0.2, 0.25) is 11.9 Å². The first-order valence-electron chi connectivity index (χ1n) is 11.3. The van der Waals surface area contributed by atoms with Crippen molar-refractivity contribution in [3.63, 3.8) is 0 Å². The number of pyridine rings is 1. The quantitative estimate of drug-likeness (QED) is 0.304. The molecule has 11 nitrogen and oxygen atoms in total. The van der Waals surface area contributed by atoms with Gasteiger partial charge in [0.1, 0.15) is 5.65 Å². The first kappa shape index (κ1) is 24.9. The second-order valence-corrected chi connectivity index (χ2v) is 8.72. The summed E-state index contributed by atoms with van der Waals surface area (Å²) in [6.07, 6.45) is 10.3. The monoisotopic (exact) mass is 493 g/mol. The minimum absolute atomic E-state index is 0.0258. The van der Waals surface area contributed by atoms with E-state index < -0.39 is 11.9 Å². The van der Waals surface area contributed by atoms with Crippen molar-refractivity contribution < 1.29 is 14.3 Å². The number of amides is 1. The Morgan fingerprint density at radius 3 is 2.78 bits per heavy atom. The lowest BCUT2D eigenvalue weighted by atomic mass is 10.2. The van der Waals surface area contributed by atoms with Gasteiger partial charge in [-0.25, -0.2) is 14.4 Å². The Labute approximate surface area is 207 Å². The predicted octanol–water partition coefficient (Wildman–Crippen LogP) is 2.64. The van der Waals surface area contributed by atoms with Gasteiger partial charge in [-0.1, -0.05) is 6.08 Å². The highest BCUT2D eigenvalue weighted by molar-refractivity contribution is 6.00. The summed E-state index contributed by atoms with van der Waals surface area (Å²) >= 11 is 0. The number of carbonyl (C=O) groups is 1. The zero-order valence-electron chi connectivity index (χ0n) is 20.5. The molecule has 0 aliphatic rings. The second-order valence-electron chi connectivity index (χ2n) is 8.72. The van der Waals surface area contributed by atoms with Crippen LogP contribution in [0.5, 0.6) is 0 Å². The topological polar surface area (TPSA) is 126 Å². The van der Waals surface area contributed by atoms with Gasteiger partial charge >= 0.3 is 0 Å². The maximum absolute atomic E-state index is 14.8. The molecule has 0 aliphatic heterocycles. The Balaban J connectivity index is 1.58. The molecule has 1 atom stereocenters. The fraction of sp³-hybridized carbons (Fsp3) is 0.292. The number of nitrogens with one attached hydrogen (secondary N) is 2. The maximum atomic E-state index is 14.8. The highest BCUT2D eigenvalue weighted by atomic mass is 19.1. The van der Waals surface area contributed by atoms with Gasteiger partial charge in [0.05, 0.1) is 42.6 Å². The van der Waals surface area contributed by atoms with Crippen LogP contribution in [0.2, 0.25) is 0 Å². The summed E-state index contributed by atoms with van der Waals surface area (Å²) in [6, 6.07) is 1.79. The molecule has 0 spiro atoms. The molecule has 1 unspecified atom stereocenters. The van der Waals surface area contributed by atoms with Gasteiger partial charge in [0.15, 0.2) is 11.6 Å². The minimum Gasteiger partial charge on any atom is -0.391 e. The summed E-state index contributed by atoms with van der Waals surface area (Å²) in [7, 11) is 3.83. The number of aromatic nitrogens is 6. The van der Waals surface area contributed by atoms with E-state index in [-0.39, 0.29) is 17.7 Å². The fourth-order valence-corrected chi connectivity index (χ4v) is 3.56. The Bertz CT molecular complexity index is 1410. The van der Waals surface area contributed by atoms with Crippen molar-refractivity contribution in [2.45, 2.75) is 26.5 Å². The summed E-state index contributed by atoms with van der Waals surface area (Å²) in [5, 5.41) is 20.2. The maximum Gasteiger partial charge on any atom is 0.248 e. The second kappa shape index (κ2) is 10.6. The van der Waals surface area contributed by atoms with Gasteiger partial charge in [0.25, 0.3) is 0 Å². The van der Waals surface area contributed by atoms with Crippen molar-refractivity contribution in [3.05, 3.63) is 60.6 Å². The Morgan fingerprint density at radius 2 is 2.03 bits per heavy atom. The largest absolute Gasteiger partial charge is 0.391 e. The zero-order chi connectivity index (χ0) is 25.8.